The molecule has 2 aromatic rings. The number of methoxy groups -OCH3 is 2. The maximum atomic E-state index is 14.3. The van der Waals surface area contributed by atoms with Crippen molar-refractivity contribution < 1.29 is 33.8 Å². The molecule has 2 N–H and O–H groups in total. The Morgan fingerprint density at radius 3 is 2.46 bits per heavy atom. The van der Waals surface area contributed by atoms with Crippen molar-refractivity contribution in [3.05, 3.63) is 61.9 Å². The first kappa shape index (κ1) is 25.3. The van der Waals surface area contributed by atoms with Crippen molar-refractivity contribution in [2.75, 3.05) is 19.4 Å². The number of hydrogen-bond acceptors (Lipinski definition) is 9. The number of nitrogens with one attached hydrogen (secondary N) is 1. The number of fused-ring (bicyclic) bond motifs is 1. The van der Waals surface area contributed by atoms with Crippen molar-refractivity contribution in [2.24, 2.45) is 5.92 Å². The number of Topliss-reactive ketones (excluding diaryl/α,β-unsaturated/α-hetero) is 2. The molecule has 5 rings (SSSR count). The molecular formula is C25H21Cl2N2O8-. The number of carbonyl (C=O) groups excluding carboxylic acids is 3. The molecule has 10 nitrogen and oxygen atoms in total. The molecule has 1 amide bonds. The van der Waals surface area contributed by atoms with E-state index in [1.165, 1.54) is 32.4 Å². The summed E-state index contributed by atoms with van der Waals surface area (Å²) in [6.07, 6.45) is 0.00761. The summed E-state index contributed by atoms with van der Waals surface area (Å²) in [7, 11) is 2.77. The number of amides is 1. The maximum Gasteiger partial charge on any atom is 0.236 e. The zero-order chi connectivity index (χ0) is 26.8. The van der Waals surface area contributed by atoms with E-state index in [0.717, 1.165) is 0 Å². The van der Waals surface area contributed by atoms with E-state index in [0.29, 0.717) is 11.3 Å². The molecule has 0 fully saturated rings. The predicted molar refractivity (Wildman–Crippen MR) is 133 cm³/mol. The summed E-state index contributed by atoms with van der Waals surface area (Å²) in [5.41, 5.74) is -1.25. The second-order valence-corrected chi connectivity index (χ2v) is 9.87. The van der Waals surface area contributed by atoms with Gasteiger partial charge in [-0.05, 0) is 24.1 Å². The monoisotopic (exact) mass is 547 g/mol. The van der Waals surface area contributed by atoms with Gasteiger partial charge in [0.15, 0.2) is 5.75 Å². The van der Waals surface area contributed by atoms with Gasteiger partial charge in [-0.2, -0.15) is 0 Å². The number of halogens is 2. The minimum absolute atomic E-state index is 0.0143. The van der Waals surface area contributed by atoms with Crippen LogP contribution < -0.4 is 24.8 Å². The molecule has 2 heterocycles. The highest BCUT2D eigenvalue weighted by molar-refractivity contribution is 6.36. The second-order valence-electron chi connectivity index (χ2n) is 9.08. The molecule has 0 radical (unpaired) electrons. The van der Waals surface area contributed by atoms with Crippen LogP contribution in [0.15, 0.2) is 35.5 Å². The zero-order valence-electron chi connectivity index (χ0n) is 19.9. The van der Waals surface area contributed by atoms with E-state index < -0.39 is 34.2 Å². The van der Waals surface area contributed by atoms with Crippen molar-refractivity contribution in [2.45, 2.75) is 31.3 Å². The number of ketones is 2. The molecule has 0 bridgehead atoms. The van der Waals surface area contributed by atoms with Crippen LogP contribution in [-0.2, 0) is 9.59 Å². The number of ether oxygens (including phenoxy) is 3. The van der Waals surface area contributed by atoms with Crippen molar-refractivity contribution >= 4 is 46.4 Å². The van der Waals surface area contributed by atoms with Crippen LogP contribution >= 0.6 is 23.2 Å². The summed E-state index contributed by atoms with van der Waals surface area (Å²) in [4.78, 5) is 40.9. The highest BCUT2D eigenvalue weighted by Gasteiger charge is 2.63. The van der Waals surface area contributed by atoms with Gasteiger partial charge in [-0.1, -0.05) is 36.2 Å². The molecule has 2 aliphatic heterocycles. The van der Waals surface area contributed by atoms with E-state index in [1.807, 2.05) is 0 Å². The lowest BCUT2D eigenvalue weighted by Crippen LogP contribution is -2.59. The lowest BCUT2D eigenvalue weighted by atomic mass is 9.66. The fourth-order valence-corrected chi connectivity index (χ4v) is 5.82. The Bertz CT molecular complexity index is 1410. The lowest BCUT2D eigenvalue weighted by Gasteiger charge is -2.41. The van der Waals surface area contributed by atoms with Crippen LogP contribution in [0.5, 0.6) is 17.2 Å². The molecule has 3 atom stereocenters. The van der Waals surface area contributed by atoms with Crippen LogP contribution in [0.3, 0.4) is 0 Å². The molecule has 37 heavy (non-hydrogen) atoms. The van der Waals surface area contributed by atoms with Crippen LogP contribution in [0.25, 0.3) is 0 Å². The molecule has 3 aliphatic rings. The van der Waals surface area contributed by atoms with E-state index in [1.54, 1.807) is 13.0 Å². The molecule has 0 saturated heterocycles. The van der Waals surface area contributed by atoms with E-state index >= 15 is 0 Å². The quantitative estimate of drug-likeness (QED) is 0.426. The molecule has 3 unspecified atom stereocenters. The minimum atomic E-state index is -1.96. The topological polar surface area (TPSA) is 137 Å². The summed E-state index contributed by atoms with van der Waals surface area (Å²) >= 11 is 12.5. The van der Waals surface area contributed by atoms with Gasteiger partial charge in [-0.25, -0.2) is 0 Å². The van der Waals surface area contributed by atoms with Gasteiger partial charge in [0.05, 0.1) is 24.9 Å². The SMILES string of the molecule is COc1cc(OC)c2c(c1Cl)OC1(C(=O)C3=C(CC1C)NC(=O)CC3c1ccc(Cl)c(N([O-])O)c1)C2=O. The Balaban J connectivity index is 1.66. The highest BCUT2D eigenvalue weighted by atomic mass is 35.5. The van der Waals surface area contributed by atoms with Gasteiger partial charge in [0, 0.05) is 35.6 Å². The number of hydrogen-bond donors (Lipinski definition) is 2. The summed E-state index contributed by atoms with van der Waals surface area (Å²) < 4.78 is 16.9. The number of carbonyl (C=O) groups is 3. The first-order chi connectivity index (χ1) is 17.5. The van der Waals surface area contributed by atoms with Crippen LogP contribution in [-0.4, -0.2) is 42.5 Å². The summed E-state index contributed by atoms with van der Waals surface area (Å²) in [6, 6.07) is 5.69. The number of nitrogens with zero attached hydrogens (tertiary/aromatic N) is 1. The largest absolute Gasteiger partial charge is 0.733 e. The molecule has 1 aliphatic carbocycles. The third-order valence-corrected chi connectivity index (χ3v) is 7.81. The van der Waals surface area contributed by atoms with Crippen LogP contribution in [0, 0.1) is 11.1 Å². The summed E-state index contributed by atoms with van der Waals surface area (Å²) in [6.45, 7) is 1.68. The highest BCUT2D eigenvalue weighted by Crippen LogP contribution is 2.55. The normalized spacial score (nSPS) is 24.5. The smallest absolute Gasteiger partial charge is 0.236 e. The molecule has 12 heteroatoms. The summed E-state index contributed by atoms with van der Waals surface area (Å²) in [5.74, 6) is -2.75. The second kappa shape index (κ2) is 8.91. The Morgan fingerprint density at radius 2 is 1.81 bits per heavy atom. The first-order valence-corrected chi connectivity index (χ1v) is 12.0. The predicted octanol–water partition coefficient (Wildman–Crippen LogP) is 4.18. The fourth-order valence-electron chi connectivity index (χ4n) is 5.37. The van der Waals surface area contributed by atoms with Gasteiger partial charge in [0.25, 0.3) is 0 Å². The fraction of sp³-hybridized carbons (Fsp3) is 0.320. The van der Waals surface area contributed by atoms with Gasteiger partial charge >= 0.3 is 0 Å². The molecule has 0 aromatic heterocycles. The van der Waals surface area contributed by atoms with E-state index in [4.69, 9.17) is 37.4 Å². The number of benzene rings is 2. The van der Waals surface area contributed by atoms with Crippen LogP contribution in [0.4, 0.5) is 5.69 Å². The zero-order valence-corrected chi connectivity index (χ0v) is 21.4. The van der Waals surface area contributed by atoms with Gasteiger partial charge in [0.1, 0.15) is 22.1 Å². The van der Waals surface area contributed by atoms with E-state index in [-0.39, 0.29) is 62.9 Å². The van der Waals surface area contributed by atoms with Crippen molar-refractivity contribution in [3.63, 3.8) is 0 Å². The van der Waals surface area contributed by atoms with Gasteiger partial charge in [-0.3, -0.25) is 19.6 Å². The Morgan fingerprint density at radius 1 is 1.11 bits per heavy atom. The van der Waals surface area contributed by atoms with Crippen molar-refractivity contribution in [1.29, 1.82) is 0 Å². The number of anilines is 1. The van der Waals surface area contributed by atoms with Gasteiger partial charge in [-0.15, -0.1) is 0 Å². The van der Waals surface area contributed by atoms with Crippen LogP contribution in [0.2, 0.25) is 10.0 Å². The maximum absolute atomic E-state index is 14.3. The van der Waals surface area contributed by atoms with E-state index in [9.17, 15) is 24.8 Å². The third-order valence-electron chi connectivity index (χ3n) is 7.14. The van der Waals surface area contributed by atoms with Gasteiger partial charge < -0.3 is 30.0 Å². The average molecular weight is 548 g/mol. The van der Waals surface area contributed by atoms with Crippen LogP contribution in [0.1, 0.15) is 41.6 Å². The molecule has 1 spiro atoms. The van der Waals surface area contributed by atoms with E-state index in [2.05, 4.69) is 5.32 Å². The molecular weight excluding hydrogens is 527 g/mol. The summed E-state index contributed by atoms with van der Waals surface area (Å²) in [5, 5.41) is 23.4. The Labute approximate surface area is 221 Å². The van der Waals surface area contributed by atoms with Gasteiger partial charge in [0.2, 0.25) is 23.1 Å². The van der Waals surface area contributed by atoms with Crippen molar-refractivity contribution in [1.82, 2.24) is 5.32 Å². The molecule has 2 aromatic carbocycles. The third kappa shape index (κ3) is 3.58. The molecule has 194 valence electrons. The Hall–Kier alpha value is -3.31. The minimum Gasteiger partial charge on any atom is -0.733 e. The lowest BCUT2D eigenvalue weighted by molar-refractivity contribution is -0.131. The Kier molecular flexibility index (Phi) is 6.11. The average Bonchev–Trinajstić information content (AvgIpc) is 3.17. The number of rotatable bonds is 4. The standard InChI is InChI=1S/C25H21Cl2N2O8/c1-10-6-14-19(12(8-18(30)28-14)11-4-5-13(26)15(7-11)29(33)34)23(31)25(10)24(32)20-16(35-2)9-17(36-3)21(27)22(20)37-25/h4-5,7,9-10,12,33H,6,8H2,1-3H3,(H,28,30)/q-1. The first-order valence-electron chi connectivity index (χ1n) is 11.3. The number of allylic oxidation sites excluding steroid dienone is 1. The van der Waals surface area contributed by atoms with Crippen molar-refractivity contribution in [3.8, 4) is 17.2 Å². The molecule has 0 saturated carbocycles.